The third-order valence-electron chi connectivity index (χ3n) is 4.92. The molecular formula is C15H27N5O. The van der Waals surface area contributed by atoms with Crippen molar-refractivity contribution in [3.8, 4) is 0 Å². The smallest absolute Gasteiger partial charge is 0.247 e. The predicted octanol–water partition coefficient (Wildman–Crippen LogP) is 1.37. The van der Waals surface area contributed by atoms with Gasteiger partial charge in [0.1, 0.15) is 0 Å². The summed E-state index contributed by atoms with van der Waals surface area (Å²) >= 11 is 0. The Kier molecular flexibility index (Phi) is 4.28. The molecule has 2 aliphatic rings. The van der Waals surface area contributed by atoms with Crippen molar-refractivity contribution in [2.75, 3.05) is 40.3 Å². The van der Waals surface area contributed by atoms with Gasteiger partial charge in [0.25, 0.3) is 0 Å². The van der Waals surface area contributed by atoms with E-state index >= 15 is 0 Å². The maximum Gasteiger partial charge on any atom is 0.247 e. The van der Waals surface area contributed by atoms with Gasteiger partial charge in [0.15, 0.2) is 5.82 Å². The fourth-order valence-electron chi connectivity index (χ4n) is 3.59. The van der Waals surface area contributed by atoms with Crippen molar-refractivity contribution >= 4 is 0 Å². The summed E-state index contributed by atoms with van der Waals surface area (Å²) in [5.41, 5.74) is -0.0842. The van der Waals surface area contributed by atoms with Crippen LogP contribution in [0.4, 0.5) is 0 Å². The van der Waals surface area contributed by atoms with Gasteiger partial charge in [-0.15, -0.1) is 0 Å². The Labute approximate surface area is 126 Å². The van der Waals surface area contributed by atoms with Crippen LogP contribution >= 0.6 is 0 Å². The highest BCUT2D eigenvalue weighted by atomic mass is 16.5. The number of nitrogens with one attached hydrogen (secondary N) is 1. The molecule has 3 rings (SSSR count). The van der Waals surface area contributed by atoms with Gasteiger partial charge in [-0.25, -0.2) is 0 Å². The van der Waals surface area contributed by atoms with Crippen molar-refractivity contribution in [1.29, 1.82) is 0 Å². The summed E-state index contributed by atoms with van der Waals surface area (Å²) in [6.45, 7) is 6.36. The van der Waals surface area contributed by atoms with E-state index in [2.05, 4.69) is 41.3 Å². The van der Waals surface area contributed by atoms with Gasteiger partial charge < -0.3 is 14.7 Å². The number of hydrogen-bond donors (Lipinski definition) is 1. The predicted molar refractivity (Wildman–Crippen MR) is 81.0 cm³/mol. The highest BCUT2D eigenvalue weighted by Crippen LogP contribution is 2.35. The van der Waals surface area contributed by atoms with Gasteiger partial charge in [-0.2, -0.15) is 4.98 Å². The Balaban J connectivity index is 1.82. The minimum absolute atomic E-state index is 0.0842. The topological polar surface area (TPSA) is 57.4 Å². The van der Waals surface area contributed by atoms with Crippen molar-refractivity contribution in [2.45, 2.75) is 44.2 Å². The van der Waals surface area contributed by atoms with Crippen LogP contribution in [0.2, 0.25) is 0 Å². The van der Waals surface area contributed by atoms with E-state index < -0.39 is 0 Å². The molecular weight excluding hydrogens is 266 g/mol. The number of hydrogen-bond acceptors (Lipinski definition) is 6. The molecule has 0 saturated carbocycles. The Morgan fingerprint density at radius 1 is 1.38 bits per heavy atom. The van der Waals surface area contributed by atoms with Crippen LogP contribution in [0.1, 0.15) is 50.4 Å². The van der Waals surface area contributed by atoms with Crippen LogP contribution in [-0.4, -0.2) is 60.2 Å². The SMILES string of the molecule is CCCC1(c2nc(C3CN(C)CCN3C)no2)CCCN1. The number of rotatable bonds is 4. The Morgan fingerprint density at radius 3 is 2.95 bits per heavy atom. The summed E-state index contributed by atoms with van der Waals surface area (Å²) in [5.74, 6) is 1.63. The summed E-state index contributed by atoms with van der Waals surface area (Å²) in [5, 5.41) is 7.91. The summed E-state index contributed by atoms with van der Waals surface area (Å²) in [7, 11) is 4.29. The van der Waals surface area contributed by atoms with E-state index in [4.69, 9.17) is 9.51 Å². The van der Waals surface area contributed by atoms with E-state index in [0.29, 0.717) is 0 Å². The van der Waals surface area contributed by atoms with E-state index in [1.165, 1.54) is 6.42 Å². The number of likely N-dealkylation sites (N-methyl/N-ethyl adjacent to an activating group) is 2. The van der Waals surface area contributed by atoms with Gasteiger partial charge in [-0.1, -0.05) is 18.5 Å². The third kappa shape index (κ3) is 2.84. The fraction of sp³-hybridized carbons (Fsp3) is 0.867. The van der Waals surface area contributed by atoms with Gasteiger partial charge >= 0.3 is 0 Å². The summed E-state index contributed by atoms with van der Waals surface area (Å²) in [6.07, 6.45) is 4.47. The van der Waals surface area contributed by atoms with Crippen molar-refractivity contribution in [2.24, 2.45) is 0 Å². The highest BCUT2D eigenvalue weighted by molar-refractivity contribution is 5.09. The first-order chi connectivity index (χ1) is 10.1. The lowest BCUT2D eigenvalue weighted by atomic mass is 9.92. The van der Waals surface area contributed by atoms with E-state index in [9.17, 15) is 0 Å². The third-order valence-corrected chi connectivity index (χ3v) is 4.92. The Bertz CT molecular complexity index is 468. The molecule has 6 nitrogen and oxygen atoms in total. The molecule has 0 aromatic carbocycles. The zero-order chi connectivity index (χ0) is 14.9. The molecule has 2 fully saturated rings. The molecule has 0 radical (unpaired) electrons. The number of aromatic nitrogens is 2. The second-order valence-corrected chi connectivity index (χ2v) is 6.58. The monoisotopic (exact) mass is 293 g/mol. The molecule has 3 heterocycles. The van der Waals surface area contributed by atoms with Crippen LogP contribution < -0.4 is 5.32 Å². The first kappa shape index (κ1) is 14.9. The molecule has 0 aliphatic carbocycles. The molecule has 1 aromatic heterocycles. The summed E-state index contributed by atoms with van der Waals surface area (Å²) in [4.78, 5) is 9.44. The molecule has 118 valence electrons. The van der Waals surface area contributed by atoms with E-state index in [-0.39, 0.29) is 11.6 Å². The van der Waals surface area contributed by atoms with Crippen molar-refractivity contribution in [3.05, 3.63) is 11.7 Å². The highest BCUT2D eigenvalue weighted by Gasteiger charge is 2.40. The minimum Gasteiger partial charge on any atom is -0.337 e. The van der Waals surface area contributed by atoms with Crippen LogP contribution in [-0.2, 0) is 5.54 Å². The number of piperazine rings is 1. The molecule has 2 aliphatic heterocycles. The number of nitrogens with zero attached hydrogens (tertiary/aromatic N) is 4. The van der Waals surface area contributed by atoms with Crippen molar-refractivity contribution in [3.63, 3.8) is 0 Å². The van der Waals surface area contributed by atoms with Crippen LogP contribution in [0.3, 0.4) is 0 Å². The quantitative estimate of drug-likeness (QED) is 0.905. The van der Waals surface area contributed by atoms with Crippen LogP contribution in [0.5, 0.6) is 0 Å². The summed E-state index contributed by atoms with van der Waals surface area (Å²) in [6, 6.07) is 0.237. The van der Waals surface area contributed by atoms with E-state index in [1.807, 2.05) is 0 Å². The minimum atomic E-state index is -0.0842. The molecule has 0 amide bonds. The van der Waals surface area contributed by atoms with Gasteiger partial charge in [0.2, 0.25) is 5.89 Å². The molecule has 2 atom stereocenters. The van der Waals surface area contributed by atoms with Gasteiger partial charge in [-0.3, -0.25) is 4.90 Å². The van der Waals surface area contributed by atoms with E-state index in [1.54, 1.807) is 0 Å². The maximum absolute atomic E-state index is 5.67. The van der Waals surface area contributed by atoms with Gasteiger partial charge in [-0.05, 0) is 39.9 Å². The largest absolute Gasteiger partial charge is 0.337 e. The van der Waals surface area contributed by atoms with Crippen LogP contribution in [0.25, 0.3) is 0 Å². The maximum atomic E-state index is 5.67. The van der Waals surface area contributed by atoms with Crippen LogP contribution in [0.15, 0.2) is 4.52 Å². The standard InChI is InChI=1S/C15H27N5O/c1-4-6-15(7-5-8-16-15)14-17-13(18-21-14)12-11-19(2)9-10-20(12)3/h12,16H,4-11H2,1-3H3. The fourth-order valence-corrected chi connectivity index (χ4v) is 3.59. The molecule has 21 heavy (non-hydrogen) atoms. The van der Waals surface area contributed by atoms with E-state index in [0.717, 1.165) is 57.2 Å². The Morgan fingerprint density at radius 2 is 2.24 bits per heavy atom. The van der Waals surface area contributed by atoms with Crippen molar-refractivity contribution in [1.82, 2.24) is 25.3 Å². The summed E-state index contributed by atoms with van der Waals surface area (Å²) < 4.78 is 5.67. The first-order valence-corrected chi connectivity index (χ1v) is 8.12. The first-order valence-electron chi connectivity index (χ1n) is 8.12. The molecule has 0 bridgehead atoms. The second kappa shape index (κ2) is 6.02. The second-order valence-electron chi connectivity index (χ2n) is 6.58. The van der Waals surface area contributed by atoms with Gasteiger partial charge in [0, 0.05) is 19.6 Å². The molecule has 2 saturated heterocycles. The van der Waals surface area contributed by atoms with Gasteiger partial charge in [0.05, 0.1) is 11.6 Å². The zero-order valence-electron chi connectivity index (χ0n) is 13.4. The lowest BCUT2D eigenvalue weighted by molar-refractivity contribution is 0.108. The molecule has 1 N–H and O–H groups in total. The van der Waals surface area contributed by atoms with Crippen LogP contribution in [0, 0.1) is 0 Å². The lowest BCUT2D eigenvalue weighted by Gasteiger charge is -2.35. The molecule has 0 spiro atoms. The average Bonchev–Trinajstić information content (AvgIpc) is 3.11. The molecule has 2 unspecified atom stereocenters. The zero-order valence-corrected chi connectivity index (χ0v) is 13.4. The lowest BCUT2D eigenvalue weighted by Crippen LogP contribution is -2.45. The average molecular weight is 293 g/mol. The molecule has 1 aromatic rings. The Hall–Kier alpha value is -0.980. The molecule has 6 heteroatoms. The normalized spacial score (nSPS) is 31.9. The van der Waals surface area contributed by atoms with Crippen molar-refractivity contribution < 1.29 is 4.52 Å².